The van der Waals surface area contributed by atoms with Crippen molar-refractivity contribution in [2.75, 3.05) is 6.54 Å². The highest BCUT2D eigenvalue weighted by atomic mass is 14.9. The van der Waals surface area contributed by atoms with Crippen LogP contribution in [-0.2, 0) is 0 Å². The highest BCUT2D eigenvalue weighted by molar-refractivity contribution is 5.18. The Bertz CT molecular complexity index is 303. The van der Waals surface area contributed by atoms with Crippen LogP contribution < -0.4 is 5.32 Å². The van der Waals surface area contributed by atoms with E-state index in [0.29, 0.717) is 6.04 Å². The minimum atomic E-state index is 0.565. The van der Waals surface area contributed by atoms with Gasteiger partial charge in [0.15, 0.2) is 0 Å². The Labute approximate surface area is 106 Å². The van der Waals surface area contributed by atoms with E-state index in [1.54, 1.807) is 0 Å². The summed E-state index contributed by atoms with van der Waals surface area (Å²) >= 11 is 0. The smallest absolute Gasteiger partial charge is 0.0320 e. The van der Waals surface area contributed by atoms with E-state index in [-0.39, 0.29) is 0 Å². The molecule has 1 saturated carbocycles. The Kier molecular flexibility index (Phi) is 5.06. The molecule has 17 heavy (non-hydrogen) atoms. The average molecular weight is 231 g/mol. The molecule has 1 aliphatic rings. The predicted octanol–water partition coefficient (Wildman–Crippen LogP) is 4.31. The highest BCUT2D eigenvalue weighted by Gasteiger charge is 2.21. The summed E-state index contributed by atoms with van der Waals surface area (Å²) in [4.78, 5) is 0. The lowest BCUT2D eigenvalue weighted by molar-refractivity contribution is 0.467. The monoisotopic (exact) mass is 231 g/mol. The lowest BCUT2D eigenvalue weighted by atomic mass is 10.0. The second kappa shape index (κ2) is 6.80. The molecule has 94 valence electrons. The molecule has 1 aromatic rings. The van der Waals surface area contributed by atoms with Crippen molar-refractivity contribution in [1.82, 2.24) is 5.32 Å². The summed E-state index contributed by atoms with van der Waals surface area (Å²) in [5, 5.41) is 3.74. The molecule has 0 radical (unpaired) electrons. The van der Waals surface area contributed by atoms with Gasteiger partial charge in [0.1, 0.15) is 0 Å². The van der Waals surface area contributed by atoms with Crippen LogP contribution in [0.4, 0.5) is 0 Å². The van der Waals surface area contributed by atoms with Crippen LogP contribution in [0, 0.1) is 5.92 Å². The molecule has 1 aromatic carbocycles. The van der Waals surface area contributed by atoms with Crippen molar-refractivity contribution in [2.24, 2.45) is 5.92 Å². The van der Waals surface area contributed by atoms with Gasteiger partial charge in [-0.3, -0.25) is 0 Å². The number of hydrogen-bond acceptors (Lipinski definition) is 1. The van der Waals surface area contributed by atoms with Crippen molar-refractivity contribution in [3.8, 4) is 0 Å². The van der Waals surface area contributed by atoms with Gasteiger partial charge in [-0.05, 0) is 30.9 Å². The van der Waals surface area contributed by atoms with Crippen molar-refractivity contribution < 1.29 is 0 Å². The standard InChI is InChI=1S/C16H25N/c1-2-3-9-16(15-7-5-4-6-8-15)17-13-12-14-10-11-14/h4-8,14,16-17H,2-3,9-13H2,1H3. The SMILES string of the molecule is CCCCC(NCCC1CC1)c1ccccc1. The molecular formula is C16H25N. The summed E-state index contributed by atoms with van der Waals surface area (Å²) in [6.45, 7) is 3.46. The second-order valence-corrected chi connectivity index (χ2v) is 5.29. The topological polar surface area (TPSA) is 12.0 Å². The maximum atomic E-state index is 3.74. The van der Waals surface area contributed by atoms with Crippen LogP contribution in [0.25, 0.3) is 0 Å². The van der Waals surface area contributed by atoms with Gasteiger partial charge in [-0.1, -0.05) is 62.9 Å². The Hall–Kier alpha value is -0.820. The van der Waals surface area contributed by atoms with Crippen molar-refractivity contribution in [3.63, 3.8) is 0 Å². The van der Waals surface area contributed by atoms with Gasteiger partial charge in [-0.25, -0.2) is 0 Å². The van der Waals surface area contributed by atoms with Gasteiger partial charge in [0.25, 0.3) is 0 Å². The molecule has 1 heteroatoms. The third kappa shape index (κ3) is 4.51. The first-order chi connectivity index (χ1) is 8.40. The van der Waals surface area contributed by atoms with Crippen LogP contribution in [0.3, 0.4) is 0 Å². The van der Waals surface area contributed by atoms with Gasteiger partial charge < -0.3 is 5.32 Å². The van der Waals surface area contributed by atoms with E-state index in [9.17, 15) is 0 Å². The van der Waals surface area contributed by atoms with E-state index in [2.05, 4.69) is 42.6 Å². The Morgan fingerprint density at radius 2 is 2.00 bits per heavy atom. The molecule has 0 aliphatic heterocycles. The molecule has 0 amide bonds. The molecular weight excluding hydrogens is 206 g/mol. The molecule has 0 spiro atoms. The van der Waals surface area contributed by atoms with Crippen LogP contribution >= 0.6 is 0 Å². The van der Waals surface area contributed by atoms with E-state index in [1.807, 2.05) is 0 Å². The normalized spacial score (nSPS) is 17.0. The summed E-state index contributed by atoms with van der Waals surface area (Å²) in [6.07, 6.45) is 8.17. The van der Waals surface area contributed by atoms with Crippen molar-refractivity contribution >= 4 is 0 Å². The summed E-state index contributed by atoms with van der Waals surface area (Å²) in [6, 6.07) is 11.5. The molecule has 1 nitrogen and oxygen atoms in total. The van der Waals surface area contributed by atoms with E-state index in [4.69, 9.17) is 0 Å². The summed E-state index contributed by atoms with van der Waals surface area (Å²) in [5.74, 6) is 1.03. The molecule has 2 rings (SSSR count). The summed E-state index contributed by atoms with van der Waals surface area (Å²) in [7, 11) is 0. The number of benzene rings is 1. The van der Waals surface area contributed by atoms with Crippen LogP contribution in [0.5, 0.6) is 0 Å². The Morgan fingerprint density at radius 3 is 2.65 bits per heavy atom. The first kappa shape index (κ1) is 12.6. The first-order valence-electron chi connectivity index (χ1n) is 7.18. The summed E-state index contributed by atoms with van der Waals surface area (Å²) < 4.78 is 0. The lowest BCUT2D eigenvalue weighted by Gasteiger charge is -2.19. The van der Waals surface area contributed by atoms with E-state index >= 15 is 0 Å². The van der Waals surface area contributed by atoms with Gasteiger partial charge in [-0.15, -0.1) is 0 Å². The molecule has 1 fully saturated rings. The minimum Gasteiger partial charge on any atom is -0.310 e. The minimum absolute atomic E-state index is 0.565. The van der Waals surface area contributed by atoms with E-state index in [0.717, 1.165) is 5.92 Å². The lowest BCUT2D eigenvalue weighted by Crippen LogP contribution is -2.22. The Morgan fingerprint density at radius 1 is 1.24 bits per heavy atom. The predicted molar refractivity (Wildman–Crippen MR) is 74.1 cm³/mol. The van der Waals surface area contributed by atoms with Crippen LogP contribution in [-0.4, -0.2) is 6.54 Å². The van der Waals surface area contributed by atoms with Gasteiger partial charge in [0.2, 0.25) is 0 Å². The molecule has 0 bridgehead atoms. The third-order valence-electron chi connectivity index (χ3n) is 3.69. The molecule has 1 aliphatic carbocycles. The molecule has 1 unspecified atom stereocenters. The van der Waals surface area contributed by atoms with Crippen LogP contribution in [0.15, 0.2) is 30.3 Å². The Balaban J connectivity index is 1.82. The number of rotatable bonds is 8. The molecule has 0 aromatic heterocycles. The zero-order valence-corrected chi connectivity index (χ0v) is 11.0. The number of nitrogens with one attached hydrogen (secondary N) is 1. The van der Waals surface area contributed by atoms with Gasteiger partial charge in [-0.2, -0.15) is 0 Å². The summed E-state index contributed by atoms with van der Waals surface area (Å²) in [5.41, 5.74) is 1.46. The highest BCUT2D eigenvalue weighted by Crippen LogP contribution is 2.32. The van der Waals surface area contributed by atoms with Crippen LogP contribution in [0.1, 0.15) is 57.1 Å². The largest absolute Gasteiger partial charge is 0.310 e. The second-order valence-electron chi connectivity index (χ2n) is 5.29. The number of hydrogen-bond donors (Lipinski definition) is 1. The molecule has 0 saturated heterocycles. The average Bonchev–Trinajstić information content (AvgIpc) is 3.19. The zero-order valence-electron chi connectivity index (χ0n) is 11.0. The number of unbranched alkanes of at least 4 members (excludes halogenated alkanes) is 1. The third-order valence-corrected chi connectivity index (χ3v) is 3.69. The van der Waals surface area contributed by atoms with E-state index in [1.165, 1.54) is 50.6 Å². The van der Waals surface area contributed by atoms with Crippen molar-refractivity contribution in [3.05, 3.63) is 35.9 Å². The van der Waals surface area contributed by atoms with Gasteiger partial charge >= 0.3 is 0 Å². The van der Waals surface area contributed by atoms with E-state index < -0.39 is 0 Å². The fourth-order valence-electron chi connectivity index (χ4n) is 2.35. The van der Waals surface area contributed by atoms with Crippen LogP contribution in [0.2, 0.25) is 0 Å². The quantitative estimate of drug-likeness (QED) is 0.703. The van der Waals surface area contributed by atoms with Crippen molar-refractivity contribution in [1.29, 1.82) is 0 Å². The first-order valence-corrected chi connectivity index (χ1v) is 7.18. The molecule has 1 N–H and O–H groups in total. The maximum absolute atomic E-state index is 3.74. The fraction of sp³-hybridized carbons (Fsp3) is 0.625. The molecule has 0 heterocycles. The molecule has 1 atom stereocenters. The maximum Gasteiger partial charge on any atom is 0.0320 e. The zero-order chi connectivity index (χ0) is 11.9. The van der Waals surface area contributed by atoms with Crippen molar-refractivity contribution in [2.45, 2.75) is 51.5 Å². The van der Waals surface area contributed by atoms with Gasteiger partial charge in [0, 0.05) is 6.04 Å². The fourth-order valence-corrected chi connectivity index (χ4v) is 2.35. The van der Waals surface area contributed by atoms with Gasteiger partial charge in [0.05, 0.1) is 0 Å².